The Kier molecular flexibility index (Phi) is 5.55. The Balaban J connectivity index is 1.69. The number of piperazine rings is 1. The number of aliphatic hydroxyl groups is 1. The summed E-state index contributed by atoms with van der Waals surface area (Å²) in [6.45, 7) is 2.75. The molecule has 0 unspecified atom stereocenters. The summed E-state index contributed by atoms with van der Waals surface area (Å²) >= 11 is 0. The quantitative estimate of drug-likeness (QED) is 0.435. The molecule has 0 saturated carbocycles. The van der Waals surface area contributed by atoms with E-state index in [9.17, 15) is 19.1 Å². The van der Waals surface area contributed by atoms with Crippen molar-refractivity contribution in [1.82, 2.24) is 14.8 Å². The monoisotopic (exact) mass is 460 g/mol. The van der Waals surface area contributed by atoms with Crippen LogP contribution in [0.25, 0.3) is 32.9 Å². The summed E-state index contributed by atoms with van der Waals surface area (Å²) in [5, 5.41) is 10.9. The van der Waals surface area contributed by atoms with Crippen LogP contribution in [0, 0.1) is 5.82 Å². The normalized spacial score (nSPS) is 14.7. The van der Waals surface area contributed by atoms with Crippen molar-refractivity contribution < 1.29 is 19.1 Å². The van der Waals surface area contributed by atoms with Gasteiger partial charge in [0, 0.05) is 53.6 Å². The minimum absolute atomic E-state index is 0.0503. The van der Waals surface area contributed by atoms with E-state index in [1.165, 1.54) is 12.1 Å². The molecule has 4 aromatic rings. The minimum Gasteiger partial charge on any atom is -0.392 e. The highest BCUT2D eigenvalue weighted by Gasteiger charge is 2.23. The number of fused-ring (bicyclic) bond motifs is 3. The number of benzene rings is 3. The number of rotatable bonds is 4. The number of carbonyl (C=O) groups is 2. The number of nitrogens with two attached hydrogens (primary N) is 1. The maximum Gasteiger partial charge on any atom is 0.254 e. The van der Waals surface area contributed by atoms with E-state index in [0.29, 0.717) is 51.8 Å². The molecule has 0 aliphatic carbocycles. The number of hydrogen-bond donors (Lipinski definition) is 3. The van der Waals surface area contributed by atoms with Crippen molar-refractivity contribution in [2.75, 3.05) is 33.2 Å². The van der Waals surface area contributed by atoms with Gasteiger partial charge in [-0.3, -0.25) is 9.59 Å². The number of hydrogen-bond acceptors (Lipinski definition) is 4. The lowest BCUT2D eigenvalue weighted by molar-refractivity contribution is 0.0664. The predicted molar refractivity (Wildman–Crippen MR) is 129 cm³/mol. The van der Waals surface area contributed by atoms with Crippen molar-refractivity contribution in [2.45, 2.75) is 6.61 Å². The molecule has 5 rings (SSSR count). The number of nitrogens with one attached hydrogen (secondary N) is 1. The van der Waals surface area contributed by atoms with Crippen molar-refractivity contribution >= 4 is 33.6 Å². The second-order valence-corrected chi connectivity index (χ2v) is 8.73. The largest absolute Gasteiger partial charge is 0.392 e. The zero-order valence-electron chi connectivity index (χ0n) is 18.8. The van der Waals surface area contributed by atoms with Crippen LogP contribution in [0.5, 0.6) is 0 Å². The van der Waals surface area contributed by atoms with E-state index in [4.69, 9.17) is 5.73 Å². The lowest BCUT2D eigenvalue weighted by Crippen LogP contribution is -2.47. The number of nitrogens with zero attached hydrogens (tertiary/aromatic N) is 2. The second kappa shape index (κ2) is 8.55. The highest BCUT2D eigenvalue weighted by atomic mass is 19.1. The van der Waals surface area contributed by atoms with E-state index in [1.54, 1.807) is 30.3 Å². The van der Waals surface area contributed by atoms with Crippen LogP contribution in [0.15, 0.2) is 48.5 Å². The van der Waals surface area contributed by atoms with Crippen LogP contribution < -0.4 is 5.73 Å². The maximum absolute atomic E-state index is 14.9. The molecule has 1 aromatic heterocycles. The molecule has 34 heavy (non-hydrogen) atoms. The molecule has 1 fully saturated rings. The van der Waals surface area contributed by atoms with Gasteiger partial charge < -0.3 is 25.6 Å². The van der Waals surface area contributed by atoms with Gasteiger partial charge in [0.1, 0.15) is 5.82 Å². The highest BCUT2D eigenvalue weighted by Crippen LogP contribution is 2.38. The topological polar surface area (TPSA) is 103 Å². The molecule has 174 valence electrons. The van der Waals surface area contributed by atoms with Crippen LogP contribution in [0.2, 0.25) is 0 Å². The zero-order chi connectivity index (χ0) is 24.0. The van der Waals surface area contributed by atoms with Gasteiger partial charge in [0.25, 0.3) is 11.8 Å². The Bertz CT molecular complexity index is 1440. The van der Waals surface area contributed by atoms with Crippen molar-refractivity contribution in [3.05, 3.63) is 71.0 Å². The number of H-pyrrole nitrogens is 1. The van der Waals surface area contributed by atoms with Gasteiger partial charge in [-0.1, -0.05) is 18.2 Å². The van der Waals surface area contributed by atoms with Gasteiger partial charge in [-0.2, -0.15) is 0 Å². The second-order valence-electron chi connectivity index (χ2n) is 8.73. The van der Waals surface area contributed by atoms with Gasteiger partial charge in [0.05, 0.1) is 17.7 Å². The van der Waals surface area contributed by atoms with E-state index in [1.807, 2.05) is 18.0 Å². The summed E-state index contributed by atoms with van der Waals surface area (Å²) < 4.78 is 14.9. The van der Waals surface area contributed by atoms with Gasteiger partial charge in [-0.05, 0) is 48.5 Å². The van der Waals surface area contributed by atoms with Gasteiger partial charge in [-0.25, -0.2) is 4.39 Å². The van der Waals surface area contributed by atoms with Crippen LogP contribution in [0.1, 0.15) is 26.3 Å². The smallest absolute Gasteiger partial charge is 0.254 e. The molecule has 8 heteroatoms. The molecule has 1 aliphatic rings. The Labute approximate surface area is 195 Å². The molecule has 0 atom stereocenters. The van der Waals surface area contributed by atoms with E-state index >= 15 is 0 Å². The highest BCUT2D eigenvalue weighted by molar-refractivity contribution is 6.20. The molecule has 1 saturated heterocycles. The fourth-order valence-corrected chi connectivity index (χ4v) is 4.64. The van der Waals surface area contributed by atoms with Crippen LogP contribution in [0.4, 0.5) is 4.39 Å². The Morgan fingerprint density at radius 1 is 1.03 bits per heavy atom. The first-order valence-corrected chi connectivity index (χ1v) is 11.1. The Hall–Kier alpha value is -3.75. The van der Waals surface area contributed by atoms with Crippen LogP contribution >= 0.6 is 0 Å². The standard InChI is InChI=1S/C26H25FN4O3/c1-30-8-10-31(11-9-30)26(34)16-3-4-18-22(13-16)29-24-19(25(28)33)6-5-17(23(18)24)20-12-15(14-32)2-7-21(20)27/h2-7,12-13,29,32H,8-11,14H2,1H3,(H2,28,33). The van der Waals surface area contributed by atoms with Crippen molar-refractivity contribution in [3.63, 3.8) is 0 Å². The molecule has 4 N–H and O–H groups in total. The number of halogens is 1. The molecule has 0 spiro atoms. The van der Waals surface area contributed by atoms with Gasteiger partial charge in [-0.15, -0.1) is 0 Å². The lowest BCUT2D eigenvalue weighted by Gasteiger charge is -2.32. The fraction of sp³-hybridized carbons (Fsp3) is 0.231. The van der Waals surface area contributed by atoms with Crippen molar-refractivity contribution in [1.29, 1.82) is 0 Å². The number of likely N-dealkylation sites (N-methyl/N-ethyl adjacent to an activating group) is 1. The van der Waals surface area contributed by atoms with Gasteiger partial charge in [0.2, 0.25) is 0 Å². The average Bonchev–Trinajstić information content (AvgIpc) is 3.22. The summed E-state index contributed by atoms with van der Waals surface area (Å²) in [4.78, 5) is 32.5. The molecule has 7 nitrogen and oxygen atoms in total. The summed E-state index contributed by atoms with van der Waals surface area (Å²) in [5.74, 6) is -1.10. The lowest BCUT2D eigenvalue weighted by atomic mass is 9.95. The first kappa shape index (κ1) is 22.1. The summed E-state index contributed by atoms with van der Waals surface area (Å²) in [5.41, 5.74) is 9.03. The van der Waals surface area contributed by atoms with Gasteiger partial charge in [0.15, 0.2) is 0 Å². The molecule has 0 radical (unpaired) electrons. The SMILES string of the molecule is CN1CCN(C(=O)c2ccc3c(c2)[nH]c2c(C(N)=O)ccc(-c4cc(CO)ccc4F)c23)CC1. The van der Waals surface area contributed by atoms with Gasteiger partial charge >= 0.3 is 0 Å². The van der Waals surface area contributed by atoms with E-state index < -0.39 is 11.7 Å². The predicted octanol–water partition coefficient (Wildman–Crippen LogP) is 3.11. The van der Waals surface area contributed by atoms with Crippen molar-refractivity contribution in [2.24, 2.45) is 5.73 Å². The maximum atomic E-state index is 14.9. The first-order chi connectivity index (χ1) is 16.4. The molecular formula is C26H25FN4O3. The van der Waals surface area contributed by atoms with Crippen LogP contribution in [-0.4, -0.2) is 64.9 Å². The van der Waals surface area contributed by atoms with Crippen LogP contribution in [-0.2, 0) is 6.61 Å². The summed E-state index contributed by atoms with van der Waals surface area (Å²) in [6, 6.07) is 13.0. The average molecular weight is 461 g/mol. The third-order valence-electron chi connectivity index (χ3n) is 6.56. The van der Waals surface area contributed by atoms with E-state index in [0.717, 1.165) is 18.5 Å². The Morgan fingerprint density at radius 3 is 2.50 bits per heavy atom. The number of aromatic nitrogens is 1. The summed E-state index contributed by atoms with van der Waals surface area (Å²) in [7, 11) is 2.03. The molecule has 0 bridgehead atoms. The number of amides is 2. The third-order valence-corrected chi connectivity index (χ3v) is 6.56. The number of carbonyl (C=O) groups excluding carboxylic acids is 2. The first-order valence-electron chi connectivity index (χ1n) is 11.1. The van der Waals surface area contributed by atoms with Crippen LogP contribution in [0.3, 0.4) is 0 Å². The molecule has 3 aromatic carbocycles. The zero-order valence-corrected chi connectivity index (χ0v) is 18.8. The summed E-state index contributed by atoms with van der Waals surface area (Å²) in [6.07, 6.45) is 0. The van der Waals surface area contributed by atoms with Crippen molar-refractivity contribution in [3.8, 4) is 11.1 Å². The number of aliphatic hydroxyl groups excluding tert-OH is 1. The Morgan fingerprint density at radius 2 is 1.79 bits per heavy atom. The van der Waals surface area contributed by atoms with E-state index in [2.05, 4.69) is 9.88 Å². The minimum atomic E-state index is -0.610. The number of primary amides is 1. The fourth-order valence-electron chi connectivity index (χ4n) is 4.64. The molecule has 2 heterocycles. The molecular weight excluding hydrogens is 435 g/mol. The van der Waals surface area contributed by atoms with E-state index in [-0.39, 0.29) is 18.1 Å². The molecule has 1 aliphatic heterocycles. The third kappa shape index (κ3) is 3.70. The number of aromatic amines is 1. The molecule has 2 amide bonds.